The molecule has 4 aromatic rings. The quantitative estimate of drug-likeness (QED) is 0.331. The van der Waals surface area contributed by atoms with Crippen LogP contribution in [0.25, 0.3) is 21.7 Å². The van der Waals surface area contributed by atoms with E-state index in [1.165, 1.54) is 41.2 Å². The molecule has 3 aromatic heterocycles. The lowest BCUT2D eigenvalue weighted by atomic mass is 10.2. The van der Waals surface area contributed by atoms with E-state index in [1.807, 2.05) is 17.5 Å². The Morgan fingerprint density at radius 1 is 1.36 bits per heavy atom. The highest BCUT2D eigenvalue weighted by atomic mass is 79.9. The van der Waals surface area contributed by atoms with E-state index in [1.54, 1.807) is 18.2 Å². The Kier molecular flexibility index (Phi) is 5.00. The van der Waals surface area contributed by atoms with Gasteiger partial charge in [0.05, 0.1) is 21.0 Å². The predicted octanol–water partition coefficient (Wildman–Crippen LogP) is 3.12. The van der Waals surface area contributed by atoms with Crippen LogP contribution in [-0.2, 0) is 4.79 Å². The average molecular weight is 478 g/mol. The molecule has 0 unspecified atom stereocenters. The largest absolute Gasteiger partial charge is 0.493 e. The van der Waals surface area contributed by atoms with Gasteiger partial charge in [0.15, 0.2) is 17.3 Å². The molecule has 0 fully saturated rings. The summed E-state index contributed by atoms with van der Waals surface area (Å²) in [5.41, 5.74) is 0.467. The van der Waals surface area contributed by atoms with Crippen molar-refractivity contribution in [2.24, 2.45) is 0 Å². The summed E-state index contributed by atoms with van der Waals surface area (Å²) in [5, 5.41) is 6.25. The van der Waals surface area contributed by atoms with Gasteiger partial charge in [-0.05, 0) is 51.1 Å². The van der Waals surface area contributed by atoms with Crippen molar-refractivity contribution < 1.29 is 14.3 Å². The van der Waals surface area contributed by atoms with Crippen LogP contribution < -0.4 is 19.6 Å². The van der Waals surface area contributed by atoms with Crippen LogP contribution in [-0.4, -0.2) is 27.7 Å². The van der Waals surface area contributed by atoms with E-state index in [2.05, 4.69) is 26.0 Å². The molecule has 1 aromatic carbocycles. The zero-order chi connectivity index (χ0) is 19.8. The van der Waals surface area contributed by atoms with E-state index >= 15 is 0 Å². The van der Waals surface area contributed by atoms with Gasteiger partial charge in [0, 0.05) is 6.92 Å². The standard InChI is InChI=1S/C18H12BrN3O4S2/c1-9(23)26-15-11(19)6-10(7-12(15)25-2)8-14-17(24)22-18(28-14)20-16(21-22)13-4-3-5-27-13/h3-8H,1-2H3/b14-8-. The number of hydrogen-bond acceptors (Lipinski definition) is 8. The number of carbonyl (C=O) groups is 1. The van der Waals surface area contributed by atoms with E-state index in [0.29, 0.717) is 31.1 Å². The number of benzene rings is 1. The number of esters is 1. The van der Waals surface area contributed by atoms with E-state index in [-0.39, 0.29) is 11.3 Å². The van der Waals surface area contributed by atoms with Gasteiger partial charge in [-0.15, -0.1) is 16.4 Å². The third kappa shape index (κ3) is 3.46. The molecule has 0 aliphatic carbocycles. The molecule has 0 radical (unpaired) electrons. The second-order valence-electron chi connectivity index (χ2n) is 5.65. The van der Waals surface area contributed by atoms with Crippen LogP contribution in [0.3, 0.4) is 0 Å². The smallest absolute Gasteiger partial charge is 0.308 e. The Morgan fingerprint density at radius 2 is 2.18 bits per heavy atom. The molecular formula is C18H12BrN3O4S2. The molecule has 10 heteroatoms. The van der Waals surface area contributed by atoms with Gasteiger partial charge in [-0.3, -0.25) is 9.59 Å². The van der Waals surface area contributed by atoms with Crippen LogP contribution in [0.2, 0.25) is 0 Å². The Morgan fingerprint density at radius 3 is 2.82 bits per heavy atom. The van der Waals surface area contributed by atoms with Crippen molar-refractivity contribution in [1.82, 2.24) is 14.6 Å². The van der Waals surface area contributed by atoms with Gasteiger partial charge < -0.3 is 9.47 Å². The number of thiophene rings is 1. The molecule has 28 heavy (non-hydrogen) atoms. The SMILES string of the molecule is COc1cc(/C=c2\sc3nc(-c4cccs4)nn3c2=O)cc(Br)c1OC(C)=O. The molecule has 0 bridgehead atoms. The van der Waals surface area contributed by atoms with Gasteiger partial charge in [-0.25, -0.2) is 0 Å². The summed E-state index contributed by atoms with van der Waals surface area (Å²) < 4.78 is 12.8. The lowest BCUT2D eigenvalue weighted by Crippen LogP contribution is -2.23. The second kappa shape index (κ2) is 7.46. The van der Waals surface area contributed by atoms with Crippen LogP contribution >= 0.6 is 38.6 Å². The van der Waals surface area contributed by atoms with Crippen molar-refractivity contribution >= 4 is 55.6 Å². The third-order valence-electron chi connectivity index (χ3n) is 3.72. The highest BCUT2D eigenvalue weighted by Gasteiger charge is 2.15. The fraction of sp³-hybridized carbons (Fsp3) is 0.111. The molecule has 0 atom stereocenters. The number of ether oxygens (including phenoxy) is 2. The van der Waals surface area contributed by atoms with Crippen molar-refractivity contribution in [3.8, 4) is 22.2 Å². The number of hydrogen-bond donors (Lipinski definition) is 0. The maximum Gasteiger partial charge on any atom is 0.308 e. The number of carbonyl (C=O) groups excluding carboxylic acids is 1. The third-order valence-corrected chi connectivity index (χ3v) is 6.13. The van der Waals surface area contributed by atoms with Crippen molar-refractivity contribution in [3.05, 3.63) is 54.6 Å². The zero-order valence-electron chi connectivity index (χ0n) is 14.6. The van der Waals surface area contributed by atoms with Gasteiger partial charge in [0.2, 0.25) is 4.96 Å². The molecule has 0 saturated heterocycles. The molecule has 142 valence electrons. The molecular weight excluding hydrogens is 466 g/mol. The first kappa shape index (κ1) is 18.8. The Labute approximate surface area is 175 Å². The van der Waals surface area contributed by atoms with Gasteiger partial charge in [-0.2, -0.15) is 9.50 Å². The molecule has 0 N–H and O–H groups in total. The highest BCUT2D eigenvalue weighted by molar-refractivity contribution is 9.10. The van der Waals surface area contributed by atoms with Crippen LogP contribution in [0.15, 0.2) is 38.9 Å². The van der Waals surface area contributed by atoms with Crippen LogP contribution in [0.5, 0.6) is 11.5 Å². The summed E-state index contributed by atoms with van der Waals surface area (Å²) in [6.07, 6.45) is 1.72. The van der Waals surface area contributed by atoms with E-state index < -0.39 is 5.97 Å². The summed E-state index contributed by atoms with van der Waals surface area (Å²) in [6.45, 7) is 1.31. The molecule has 0 aliphatic heterocycles. The van der Waals surface area contributed by atoms with Crippen LogP contribution in [0.1, 0.15) is 12.5 Å². The first-order valence-corrected chi connectivity index (χ1v) is 10.5. The number of fused-ring (bicyclic) bond motifs is 1. The summed E-state index contributed by atoms with van der Waals surface area (Å²) in [6, 6.07) is 7.26. The van der Waals surface area contributed by atoms with Gasteiger partial charge in [0.25, 0.3) is 5.56 Å². The molecule has 0 spiro atoms. The number of rotatable bonds is 4. The van der Waals surface area contributed by atoms with E-state index in [0.717, 1.165) is 4.88 Å². The average Bonchev–Trinajstić information content (AvgIpc) is 3.36. The first-order valence-electron chi connectivity index (χ1n) is 7.97. The summed E-state index contributed by atoms with van der Waals surface area (Å²) >= 11 is 6.15. The fourth-order valence-electron chi connectivity index (χ4n) is 2.56. The number of thiazole rings is 1. The normalized spacial score (nSPS) is 11.9. The summed E-state index contributed by atoms with van der Waals surface area (Å²) in [7, 11) is 1.48. The topological polar surface area (TPSA) is 82.8 Å². The number of methoxy groups -OCH3 is 1. The Balaban J connectivity index is 1.78. The van der Waals surface area contributed by atoms with Crippen molar-refractivity contribution in [3.63, 3.8) is 0 Å². The van der Waals surface area contributed by atoms with E-state index in [4.69, 9.17) is 9.47 Å². The monoisotopic (exact) mass is 477 g/mol. The van der Waals surface area contributed by atoms with Crippen LogP contribution in [0.4, 0.5) is 0 Å². The lowest BCUT2D eigenvalue weighted by Gasteiger charge is -2.10. The number of nitrogens with zero attached hydrogens (tertiary/aromatic N) is 3. The minimum Gasteiger partial charge on any atom is -0.493 e. The Bertz CT molecular complexity index is 1290. The minimum atomic E-state index is -0.454. The maximum atomic E-state index is 12.7. The Hall–Kier alpha value is -2.56. The summed E-state index contributed by atoms with van der Waals surface area (Å²) in [5.74, 6) is 0.755. The molecule has 3 heterocycles. The predicted molar refractivity (Wildman–Crippen MR) is 111 cm³/mol. The van der Waals surface area contributed by atoms with Crippen molar-refractivity contribution in [2.45, 2.75) is 6.92 Å². The van der Waals surface area contributed by atoms with Crippen molar-refractivity contribution in [1.29, 1.82) is 0 Å². The number of aromatic nitrogens is 3. The first-order chi connectivity index (χ1) is 13.5. The van der Waals surface area contributed by atoms with Crippen molar-refractivity contribution in [2.75, 3.05) is 7.11 Å². The van der Waals surface area contributed by atoms with Gasteiger partial charge >= 0.3 is 5.97 Å². The summed E-state index contributed by atoms with van der Waals surface area (Å²) in [4.78, 5) is 29.9. The second-order valence-corrected chi connectivity index (χ2v) is 8.46. The molecule has 7 nitrogen and oxygen atoms in total. The molecule has 0 saturated carbocycles. The molecule has 0 aliphatic rings. The molecule has 4 rings (SSSR count). The fourth-order valence-corrected chi connectivity index (χ4v) is 4.66. The number of halogens is 1. The van der Waals surface area contributed by atoms with Crippen LogP contribution in [0, 0.1) is 0 Å². The molecule has 0 amide bonds. The van der Waals surface area contributed by atoms with Gasteiger partial charge in [-0.1, -0.05) is 17.4 Å². The highest BCUT2D eigenvalue weighted by Crippen LogP contribution is 2.37. The lowest BCUT2D eigenvalue weighted by molar-refractivity contribution is -0.132. The maximum absolute atomic E-state index is 12.7. The zero-order valence-corrected chi connectivity index (χ0v) is 17.9. The van der Waals surface area contributed by atoms with Gasteiger partial charge in [0.1, 0.15) is 0 Å². The van der Waals surface area contributed by atoms with E-state index in [9.17, 15) is 9.59 Å². The minimum absolute atomic E-state index is 0.241.